The normalized spacial score (nSPS) is 9.96. The van der Waals surface area contributed by atoms with E-state index < -0.39 is 0 Å². The fourth-order valence-corrected chi connectivity index (χ4v) is 2.19. The molecule has 0 radical (unpaired) electrons. The maximum atomic E-state index is 12.4. The standard InChI is InChI=1S/C20H22N2O3/c1-3-7-19(23)21-17-8-5-6-9-18(17)22-20(24)15-10-12-16(13-11-15)25-14-4-2/h4-6,8-13H,2-3,7,14H2,1H3,(H,21,23)(H,22,24). The SMILES string of the molecule is C=CCOc1ccc(C(=O)Nc2ccccc2NC(=O)CCC)cc1. The molecule has 0 saturated carbocycles. The third-order valence-electron chi connectivity index (χ3n) is 3.41. The van der Waals surface area contributed by atoms with Crippen LogP contribution in [0.4, 0.5) is 11.4 Å². The van der Waals surface area contributed by atoms with Crippen LogP contribution in [-0.4, -0.2) is 18.4 Å². The van der Waals surface area contributed by atoms with Gasteiger partial charge in [-0.2, -0.15) is 0 Å². The van der Waals surface area contributed by atoms with Crippen molar-refractivity contribution in [1.82, 2.24) is 0 Å². The van der Waals surface area contributed by atoms with Crippen LogP contribution < -0.4 is 15.4 Å². The van der Waals surface area contributed by atoms with Crippen LogP contribution in [0.25, 0.3) is 0 Å². The predicted molar refractivity (Wildman–Crippen MR) is 100 cm³/mol. The Bertz CT molecular complexity index is 739. The van der Waals surface area contributed by atoms with Crippen molar-refractivity contribution in [3.63, 3.8) is 0 Å². The number of rotatable bonds is 8. The van der Waals surface area contributed by atoms with Crippen LogP contribution in [0.2, 0.25) is 0 Å². The summed E-state index contributed by atoms with van der Waals surface area (Å²) in [6.45, 7) is 5.94. The quantitative estimate of drug-likeness (QED) is 0.707. The second kappa shape index (κ2) is 9.27. The first-order valence-electron chi connectivity index (χ1n) is 8.18. The maximum absolute atomic E-state index is 12.4. The number of amides is 2. The van der Waals surface area contributed by atoms with E-state index in [4.69, 9.17) is 4.74 Å². The Labute approximate surface area is 147 Å². The first kappa shape index (κ1) is 18.3. The van der Waals surface area contributed by atoms with Crippen LogP contribution in [-0.2, 0) is 4.79 Å². The van der Waals surface area contributed by atoms with Crippen LogP contribution in [0.1, 0.15) is 30.1 Å². The molecule has 0 saturated heterocycles. The average Bonchev–Trinajstić information content (AvgIpc) is 2.62. The van der Waals surface area contributed by atoms with Gasteiger partial charge in [0.15, 0.2) is 0 Å². The van der Waals surface area contributed by atoms with Gasteiger partial charge in [-0.15, -0.1) is 0 Å². The van der Waals surface area contributed by atoms with Crippen molar-refractivity contribution in [1.29, 1.82) is 0 Å². The van der Waals surface area contributed by atoms with Crippen molar-refractivity contribution in [2.24, 2.45) is 0 Å². The number of ether oxygens (including phenoxy) is 1. The fourth-order valence-electron chi connectivity index (χ4n) is 2.19. The number of benzene rings is 2. The Hall–Kier alpha value is -3.08. The van der Waals surface area contributed by atoms with E-state index in [0.29, 0.717) is 35.7 Å². The van der Waals surface area contributed by atoms with E-state index in [2.05, 4.69) is 17.2 Å². The molecule has 0 fully saturated rings. The summed E-state index contributed by atoms with van der Waals surface area (Å²) < 4.78 is 5.40. The molecule has 2 aromatic carbocycles. The van der Waals surface area contributed by atoms with E-state index in [-0.39, 0.29) is 11.8 Å². The number of carbonyl (C=O) groups excluding carboxylic acids is 2. The molecule has 0 bridgehead atoms. The fraction of sp³-hybridized carbons (Fsp3) is 0.200. The first-order chi connectivity index (χ1) is 12.1. The van der Waals surface area contributed by atoms with Gasteiger partial charge in [0.2, 0.25) is 5.91 Å². The number of nitrogens with one attached hydrogen (secondary N) is 2. The zero-order valence-corrected chi connectivity index (χ0v) is 14.2. The molecule has 0 heterocycles. The number of anilines is 2. The van der Waals surface area contributed by atoms with Crippen molar-refractivity contribution in [3.8, 4) is 5.75 Å². The Kier molecular flexibility index (Phi) is 6.77. The Balaban J connectivity index is 2.07. The molecular weight excluding hydrogens is 316 g/mol. The zero-order chi connectivity index (χ0) is 18.1. The van der Waals surface area contributed by atoms with Crippen molar-refractivity contribution >= 4 is 23.2 Å². The van der Waals surface area contributed by atoms with Crippen LogP contribution in [0, 0.1) is 0 Å². The van der Waals surface area contributed by atoms with Crippen molar-refractivity contribution in [2.75, 3.05) is 17.2 Å². The molecule has 0 unspecified atom stereocenters. The molecule has 5 heteroatoms. The molecule has 0 atom stereocenters. The topological polar surface area (TPSA) is 67.4 Å². The van der Waals surface area contributed by atoms with Gasteiger partial charge in [-0.1, -0.05) is 31.7 Å². The summed E-state index contributed by atoms with van der Waals surface area (Å²) >= 11 is 0. The Morgan fingerprint density at radius 2 is 1.68 bits per heavy atom. The van der Waals surface area contributed by atoms with Gasteiger partial charge in [-0.3, -0.25) is 9.59 Å². The molecule has 0 aliphatic heterocycles. The highest BCUT2D eigenvalue weighted by atomic mass is 16.5. The van der Waals surface area contributed by atoms with E-state index in [0.717, 1.165) is 6.42 Å². The number of hydrogen-bond donors (Lipinski definition) is 2. The molecular formula is C20H22N2O3. The van der Waals surface area contributed by atoms with Gasteiger partial charge in [0.05, 0.1) is 11.4 Å². The van der Waals surface area contributed by atoms with Gasteiger partial charge >= 0.3 is 0 Å². The molecule has 0 aromatic heterocycles. The summed E-state index contributed by atoms with van der Waals surface area (Å²) in [7, 11) is 0. The van der Waals surface area contributed by atoms with Crippen LogP contribution in [0.15, 0.2) is 61.2 Å². The number of carbonyl (C=O) groups is 2. The molecule has 2 aromatic rings. The highest BCUT2D eigenvalue weighted by Crippen LogP contribution is 2.22. The minimum absolute atomic E-state index is 0.0760. The third kappa shape index (κ3) is 5.49. The Morgan fingerprint density at radius 1 is 1.04 bits per heavy atom. The van der Waals surface area contributed by atoms with Crippen LogP contribution in [0.5, 0.6) is 5.75 Å². The third-order valence-corrected chi connectivity index (χ3v) is 3.41. The molecule has 25 heavy (non-hydrogen) atoms. The van der Waals surface area contributed by atoms with Crippen molar-refractivity contribution in [2.45, 2.75) is 19.8 Å². The van der Waals surface area contributed by atoms with Gasteiger partial charge in [0.1, 0.15) is 12.4 Å². The van der Waals surface area contributed by atoms with E-state index >= 15 is 0 Å². The summed E-state index contributed by atoms with van der Waals surface area (Å²) in [5.74, 6) is 0.337. The van der Waals surface area contributed by atoms with E-state index in [1.54, 1.807) is 48.5 Å². The van der Waals surface area contributed by atoms with Crippen LogP contribution in [0.3, 0.4) is 0 Å². The summed E-state index contributed by atoms with van der Waals surface area (Å²) in [6, 6.07) is 14.0. The van der Waals surface area contributed by atoms with Crippen LogP contribution >= 0.6 is 0 Å². The molecule has 130 valence electrons. The maximum Gasteiger partial charge on any atom is 0.255 e. The lowest BCUT2D eigenvalue weighted by Crippen LogP contribution is -2.16. The highest BCUT2D eigenvalue weighted by Gasteiger charge is 2.10. The van der Waals surface area contributed by atoms with E-state index in [9.17, 15) is 9.59 Å². The summed E-state index contributed by atoms with van der Waals surface area (Å²) in [5.41, 5.74) is 1.64. The minimum Gasteiger partial charge on any atom is -0.490 e. The van der Waals surface area contributed by atoms with Crippen molar-refractivity contribution < 1.29 is 14.3 Å². The minimum atomic E-state index is -0.257. The van der Waals surface area contributed by atoms with E-state index in [1.807, 2.05) is 13.0 Å². The van der Waals surface area contributed by atoms with Gasteiger partial charge in [0.25, 0.3) is 5.91 Å². The second-order valence-electron chi connectivity index (χ2n) is 5.42. The zero-order valence-electron chi connectivity index (χ0n) is 14.2. The number of hydrogen-bond acceptors (Lipinski definition) is 3. The molecule has 2 rings (SSSR count). The molecule has 2 N–H and O–H groups in total. The molecule has 2 amide bonds. The predicted octanol–water partition coefficient (Wildman–Crippen LogP) is 4.24. The van der Waals surface area contributed by atoms with Gasteiger partial charge in [-0.05, 0) is 42.8 Å². The summed E-state index contributed by atoms with van der Waals surface area (Å²) in [6.07, 6.45) is 2.86. The molecule has 0 aliphatic carbocycles. The average molecular weight is 338 g/mol. The molecule has 0 spiro atoms. The largest absolute Gasteiger partial charge is 0.490 e. The molecule has 0 aliphatic rings. The Morgan fingerprint density at radius 3 is 2.28 bits per heavy atom. The summed E-state index contributed by atoms with van der Waals surface area (Å²) in [5, 5.41) is 5.64. The van der Waals surface area contributed by atoms with Gasteiger partial charge in [0, 0.05) is 12.0 Å². The van der Waals surface area contributed by atoms with Gasteiger partial charge in [-0.25, -0.2) is 0 Å². The lowest BCUT2D eigenvalue weighted by Gasteiger charge is -2.12. The first-order valence-corrected chi connectivity index (χ1v) is 8.18. The smallest absolute Gasteiger partial charge is 0.255 e. The second-order valence-corrected chi connectivity index (χ2v) is 5.42. The highest BCUT2D eigenvalue weighted by molar-refractivity contribution is 6.07. The molecule has 5 nitrogen and oxygen atoms in total. The van der Waals surface area contributed by atoms with Crippen molar-refractivity contribution in [3.05, 3.63) is 66.7 Å². The lowest BCUT2D eigenvalue weighted by atomic mass is 10.2. The van der Waals surface area contributed by atoms with Gasteiger partial charge < -0.3 is 15.4 Å². The lowest BCUT2D eigenvalue weighted by molar-refractivity contribution is -0.116. The van der Waals surface area contributed by atoms with E-state index in [1.165, 1.54) is 0 Å². The summed E-state index contributed by atoms with van der Waals surface area (Å²) in [4.78, 5) is 24.2. The number of para-hydroxylation sites is 2. The monoisotopic (exact) mass is 338 g/mol.